The van der Waals surface area contributed by atoms with E-state index >= 15 is 0 Å². The number of ether oxygens (including phenoxy) is 1. The largest absolute Gasteiger partial charge is 0.429 e. The predicted octanol–water partition coefficient (Wildman–Crippen LogP) is 3.24. The molecular formula is C13H22F2O3Si. The second kappa shape index (κ2) is 4.81. The minimum absolute atomic E-state index is 0.295. The summed E-state index contributed by atoms with van der Waals surface area (Å²) in [5.41, 5.74) is -1.44. The first kappa shape index (κ1) is 14.9. The third-order valence-electron chi connectivity index (χ3n) is 4.34. The van der Waals surface area contributed by atoms with Gasteiger partial charge in [-0.25, -0.2) is 4.79 Å². The van der Waals surface area contributed by atoms with Gasteiger partial charge in [0.1, 0.15) is 5.41 Å². The first-order valence-corrected chi connectivity index (χ1v) is 9.88. The minimum Gasteiger partial charge on any atom is -0.429 e. The molecule has 1 aliphatic heterocycles. The van der Waals surface area contributed by atoms with Crippen LogP contribution in [-0.4, -0.2) is 26.7 Å². The van der Waals surface area contributed by atoms with Crippen LogP contribution in [0.25, 0.3) is 0 Å². The lowest BCUT2D eigenvalue weighted by Gasteiger charge is -2.40. The van der Waals surface area contributed by atoms with E-state index in [1.165, 1.54) is 0 Å². The molecule has 19 heavy (non-hydrogen) atoms. The van der Waals surface area contributed by atoms with Gasteiger partial charge in [-0.15, -0.1) is 0 Å². The van der Waals surface area contributed by atoms with Gasteiger partial charge in [0.2, 0.25) is 5.79 Å². The van der Waals surface area contributed by atoms with Crippen LogP contribution in [0.4, 0.5) is 8.78 Å². The van der Waals surface area contributed by atoms with E-state index in [0.717, 1.165) is 6.42 Å². The molecule has 0 N–H and O–H groups in total. The van der Waals surface area contributed by atoms with Crippen LogP contribution in [0, 0.1) is 5.41 Å². The number of hydrogen-bond acceptors (Lipinski definition) is 3. The van der Waals surface area contributed by atoms with E-state index in [2.05, 4.69) is 0 Å². The molecule has 0 aromatic rings. The average Bonchev–Trinajstić information content (AvgIpc) is 2.71. The van der Waals surface area contributed by atoms with E-state index < -0.39 is 32.1 Å². The molecule has 2 unspecified atom stereocenters. The standard InChI is InChI=1S/C13H22F2O3Si/c1-4-5-7-11-8-6-9-12(11,18-19(2)3)17-10(16)13(11,14)15/h19H,4-9H2,1-3H3. The molecule has 1 aliphatic carbocycles. The maximum absolute atomic E-state index is 14.4. The zero-order valence-electron chi connectivity index (χ0n) is 11.8. The normalized spacial score (nSPS) is 36.6. The molecule has 3 nitrogen and oxygen atoms in total. The highest BCUT2D eigenvalue weighted by molar-refractivity contribution is 6.48. The Hall–Kier alpha value is -0.493. The number of unbranched alkanes of at least 4 members (excludes halogenated alkanes) is 1. The lowest BCUT2D eigenvalue weighted by molar-refractivity contribution is -0.212. The van der Waals surface area contributed by atoms with Crippen molar-refractivity contribution in [1.82, 2.24) is 0 Å². The number of hydrogen-bond donors (Lipinski definition) is 0. The fraction of sp³-hybridized carbons (Fsp3) is 0.923. The zero-order valence-corrected chi connectivity index (χ0v) is 13.0. The van der Waals surface area contributed by atoms with Gasteiger partial charge in [0.05, 0.1) is 0 Å². The molecule has 1 heterocycles. The molecule has 0 spiro atoms. The van der Waals surface area contributed by atoms with Crippen LogP contribution in [0.2, 0.25) is 13.1 Å². The Balaban J connectivity index is 2.42. The second-order valence-corrected chi connectivity index (χ2v) is 8.26. The van der Waals surface area contributed by atoms with Gasteiger partial charge in [-0.2, -0.15) is 8.78 Å². The first-order chi connectivity index (χ1) is 8.81. The third kappa shape index (κ3) is 1.95. The molecule has 2 fully saturated rings. The van der Waals surface area contributed by atoms with Crippen molar-refractivity contribution in [2.24, 2.45) is 5.41 Å². The van der Waals surface area contributed by atoms with Crippen molar-refractivity contribution >= 4 is 15.0 Å². The lowest BCUT2D eigenvalue weighted by atomic mass is 9.73. The van der Waals surface area contributed by atoms with Crippen molar-refractivity contribution in [3.05, 3.63) is 0 Å². The zero-order chi connectivity index (χ0) is 14.3. The number of halogens is 2. The maximum Gasteiger partial charge on any atom is 0.380 e. The van der Waals surface area contributed by atoms with E-state index in [4.69, 9.17) is 9.16 Å². The van der Waals surface area contributed by atoms with Crippen molar-refractivity contribution in [3.63, 3.8) is 0 Å². The van der Waals surface area contributed by atoms with Gasteiger partial charge in [0.25, 0.3) is 0 Å². The molecule has 110 valence electrons. The summed E-state index contributed by atoms with van der Waals surface area (Å²) in [4.78, 5) is 11.6. The number of carbonyl (C=O) groups excluding carboxylic acids is 1. The maximum atomic E-state index is 14.4. The Labute approximate surface area is 114 Å². The van der Waals surface area contributed by atoms with Crippen molar-refractivity contribution < 1.29 is 22.7 Å². The Morgan fingerprint density at radius 2 is 2.05 bits per heavy atom. The van der Waals surface area contributed by atoms with Crippen molar-refractivity contribution in [2.75, 3.05) is 0 Å². The lowest BCUT2D eigenvalue weighted by Crippen LogP contribution is -2.52. The number of alkyl halides is 2. The van der Waals surface area contributed by atoms with Gasteiger partial charge in [0.15, 0.2) is 9.04 Å². The Morgan fingerprint density at radius 1 is 1.37 bits per heavy atom. The van der Waals surface area contributed by atoms with Crippen molar-refractivity contribution in [1.29, 1.82) is 0 Å². The summed E-state index contributed by atoms with van der Waals surface area (Å²) in [6.07, 6.45) is 3.13. The van der Waals surface area contributed by atoms with Gasteiger partial charge in [-0.05, 0) is 32.4 Å². The molecule has 2 atom stereocenters. The molecule has 6 heteroatoms. The van der Waals surface area contributed by atoms with Crippen molar-refractivity contribution in [2.45, 2.75) is 70.3 Å². The topological polar surface area (TPSA) is 35.5 Å². The van der Waals surface area contributed by atoms with Gasteiger partial charge in [0, 0.05) is 6.42 Å². The number of fused-ring (bicyclic) bond motifs is 1. The molecule has 0 amide bonds. The molecule has 0 bridgehead atoms. The van der Waals surface area contributed by atoms with E-state index in [1.54, 1.807) is 0 Å². The highest BCUT2D eigenvalue weighted by Crippen LogP contribution is 2.65. The quantitative estimate of drug-likeness (QED) is 0.576. The van der Waals surface area contributed by atoms with E-state index in [-0.39, 0.29) is 0 Å². The third-order valence-corrected chi connectivity index (χ3v) is 5.19. The number of rotatable bonds is 5. The Bertz CT molecular complexity index is 375. The first-order valence-electron chi connectivity index (χ1n) is 7.10. The molecule has 2 aliphatic rings. The molecular weight excluding hydrogens is 270 g/mol. The summed E-state index contributed by atoms with van der Waals surface area (Å²) < 4.78 is 39.8. The molecule has 1 saturated heterocycles. The number of carbonyl (C=O) groups is 1. The highest BCUT2D eigenvalue weighted by Gasteiger charge is 2.79. The van der Waals surface area contributed by atoms with Crippen LogP contribution in [0.3, 0.4) is 0 Å². The summed E-state index contributed by atoms with van der Waals surface area (Å²) in [5, 5.41) is 0. The summed E-state index contributed by atoms with van der Waals surface area (Å²) in [6, 6.07) is 0. The van der Waals surface area contributed by atoms with Gasteiger partial charge in [-0.3, -0.25) is 0 Å². The second-order valence-electron chi connectivity index (χ2n) is 5.92. The van der Waals surface area contributed by atoms with Crippen LogP contribution in [0.1, 0.15) is 45.4 Å². The molecule has 0 aromatic carbocycles. The van der Waals surface area contributed by atoms with E-state index in [1.807, 2.05) is 20.0 Å². The summed E-state index contributed by atoms with van der Waals surface area (Å²) >= 11 is 0. The minimum atomic E-state index is -3.41. The fourth-order valence-electron chi connectivity index (χ4n) is 3.53. The van der Waals surface area contributed by atoms with Crippen LogP contribution in [0.15, 0.2) is 0 Å². The molecule has 2 rings (SSSR count). The van der Waals surface area contributed by atoms with Crippen LogP contribution in [-0.2, 0) is 14.0 Å². The smallest absolute Gasteiger partial charge is 0.380 e. The van der Waals surface area contributed by atoms with E-state index in [0.29, 0.717) is 32.1 Å². The Morgan fingerprint density at radius 3 is 2.63 bits per heavy atom. The summed E-state index contributed by atoms with van der Waals surface area (Å²) in [5.74, 6) is -6.16. The van der Waals surface area contributed by atoms with Crippen LogP contribution < -0.4 is 0 Å². The van der Waals surface area contributed by atoms with Gasteiger partial charge >= 0.3 is 11.9 Å². The van der Waals surface area contributed by atoms with Crippen molar-refractivity contribution in [3.8, 4) is 0 Å². The monoisotopic (exact) mass is 292 g/mol. The molecule has 0 aromatic heterocycles. The van der Waals surface area contributed by atoms with Crippen LogP contribution in [0.5, 0.6) is 0 Å². The average molecular weight is 292 g/mol. The van der Waals surface area contributed by atoms with E-state index in [9.17, 15) is 13.6 Å². The van der Waals surface area contributed by atoms with Crippen LogP contribution >= 0.6 is 0 Å². The summed E-state index contributed by atoms with van der Waals surface area (Å²) in [7, 11) is -1.58. The predicted molar refractivity (Wildman–Crippen MR) is 69.5 cm³/mol. The van der Waals surface area contributed by atoms with Gasteiger partial charge < -0.3 is 9.16 Å². The van der Waals surface area contributed by atoms with Gasteiger partial charge in [-0.1, -0.05) is 19.8 Å². The summed E-state index contributed by atoms with van der Waals surface area (Å²) in [6.45, 7) is 5.80. The Kier molecular flexibility index (Phi) is 3.77. The highest BCUT2D eigenvalue weighted by atomic mass is 28.3. The SMILES string of the molecule is CCCCC12CCCC1(O[SiH](C)C)OC(=O)C2(F)F. The number of esters is 1. The molecule has 1 saturated carbocycles. The fourth-order valence-corrected chi connectivity index (χ4v) is 4.69. The molecule has 0 radical (unpaired) electrons.